The number of hydrogen-bond acceptors (Lipinski definition) is 3. The van der Waals surface area contributed by atoms with Crippen LogP contribution < -0.4 is 0 Å². The quantitative estimate of drug-likeness (QED) is 0.622. The van der Waals surface area contributed by atoms with Crippen molar-refractivity contribution in [2.45, 2.75) is 45.1 Å². The Bertz CT molecular complexity index is 467. The van der Waals surface area contributed by atoms with Gasteiger partial charge in [0.25, 0.3) is 0 Å². The first-order valence-corrected chi connectivity index (χ1v) is 7.00. The SMILES string of the molecule is CCC1CCCC(OC(=O)c2cc(F)cnc2Cl)C1. The van der Waals surface area contributed by atoms with Gasteiger partial charge in [0.2, 0.25) is 0 Å². The zero-order valence-electron chi connectivity index (χ0n) is 10.9. The molecule has 2 unspecified atom stereocenters. The van der Waals surface area contributed by atoms with Crippen LogP contribution >= 0.6 is 11.6 Å². The van der Waals surface area contributed by atoms with E-state index in [9.17, 15) is 9.18 Å². The van der Waals surface area contributed by atoms with Gasteiger partial charge in [0.15, 0.2) is 0 Å². The second kappa shape index (κ2) is 6.33. The van der Waals surface area contributed by atoms with Crippen molar-refractivity contribution in [1.82, 2.24) is 4.98 Å². The van der Waals surface area contributed by atoms with Crippen LogP contribution in [0.1, 0.15) is 49.4 Å². The Balaban J connectivity index is 2.02. The Hall–Kier alpha value is -1.16. The maximum atomic E-state index is 13.1. The third kappa shape index (κ3) is 3.66. The lowest BCUT2D eigenvalue weighted by molar-refractivity contribution is 0.0139. The molecule has 5 heteroatoms. The molecule has 0 aliphatic heterocycles. The summed E-state index contributed by atoms with van der Waals surface area (Å²) in [6, 6.07) is 1.07. The van der Waals surface area contributed by atoms with Crippen LogP contribution in [0.2, 0.25) is 5.15 Å². The molecule has 104 valence electrons. The van der Waals surface area contributed by atoms with Crippen LogP contribution in [0.5, 0.6) is 0 Å². The molecule has 19 heavy (non-hydrogen) atoms. The predicted molar refractivity (Wildman–Crippen MR) is 70.7 cm³/mol. The number of carbonyl (C=O) groups excluding carboxylic acids is 1. The summed E-state index contributed by atoms with van der Waals surface area (Å²) in [5, 5.41) is -0.0192. The second-order valence-corrected chi connectivity index (χ2v) is 5.32. The number of pyridine rings is 1. The monoisotopic (exact) mass is 285 g/mol. The van der Waals surface area contributed by atoms with E-state index in [0.717, 1.165) is 37.9 Å². The summed E-state index contributed by atoms with van der Waals surface area (Å²) in [4.78, 5) is 15.6. The fraction of sp³-hybridized carbons (Fsp3) is 0.571. The topological polar surface area (TPSA) is 39.2 Å². The first kappa shape index (κ1) is 14.3. The zero-order chi connectivity index (χ0) is 13.8. The van der Waals surface area contributed by atoms with Crippen LogP contribution in [-0.2, 0) is 4.74 Å². The average molecular weight is 286 g/mol. The van der Waals surface area contributed by atoms with E-state index in [4.69, 9.17) is 16.3 Å². The maximum Gasteiger partial charge on any atom is 0.341 e. The third-order valence-electron chi connectivity index (χ3n) is 3.61. The number of ether oxygens (including phenoxy) is 1. The highest BCUT2D eigenvalue weighted by Crippen LogP contribution is 2.29. The van der Waals surface area contributed by atoms with Gasteiger partial charge in [-0.25, -0.2) is 14.2 Å². The molecular weight excluding hydrogens is 269 g/mol. The molecule has 1 fully saturated rings. The van der Waals surface area contributed by atoms with Gasteiger partial charge in [0.1, 0.15) is 17.1 Å². The van der Waals surface area contributed by atoms with Crippen LogP contribution in [0.25, 0.3) is 0 Å². The van der Waals surface area contributed by atoms with E-state index < -0.39 is 11.8 Å². The minimum Gasteiger partial charge on any atom is -0.459 e. The number of carbonyl (C=O) groups is 1. The highest BCUT2D eigenvalue weighted by molar-refractivity contribution is 6.32. The minimum atomic E-state index is -0.591. The lowest BCUT2D eigenvalue weighted by atomic mass is 9.85. The molecule has 2 rings (SSSR count). The number of aromatic nitrogens is 1. The molecule has 3 nitrogen and oxygen atoms in total. The molecule has 1 heterocycles. The van der Waals surface area contributed by atoms with Gasteiger partial charge in [-0.2, -0.15) is 0 Å². The molecule has 1 aliphatic rings. The smallest absolute Gasteiger partial charge is 0.341 e. The molecule has 1 saturated carbocycles. The average Bonchev–Trinajstić information content (AvgIpc) is 2.41. The van der Waals surface area contributed by atoms with Gasteiger partial charge in [0, 0.05) is 0 Å². The Labute approximate surface area is 117 Å². The number of nitrogens with zero attached hydrogens (tertiary/aromatic N) is 1. The normalized spacial score (nSPS) is 23.1. The van der Waals surface area contributed by atoms with E-state index >= 15 is 0 Å². The van der Waals surface area contributed by atoms with E-state index in [2.05, 4.69) is 11.9 Å². The molecule has 0 spiro atoms. The summed E-state index contributed by atoms with van der Waals surface area (Å²) in [6.45, 7) is 2.14. The summed E-state index contributed by atoms with van der Waals surface area (Å²) < 4.78 is 18.5. The molecule has 0 amide bonds. The first-order valence-electron chi connectivity index (χ1n) is 6.62. The Kier molecular flexibility index (Phi) is 4.75. The van der Waals surface area contributed by atoms with Crippen molar-refractivity contribution in [3.05, 3.63) is 28.8 Å². The van der Waals surface area contributed by atoms with Gasteiger partial charge in [0.05, 0.1) is 11.8 Å². The van der Waals surface area contributed by atoms with Crippen molar-refractivity contribution in [3.8, 4) is 0 Å². The second-order valence-electron chi connectivity index (χ2n) is 4.96. The van der Waals surface area contributed by atoms with Crippen molar-refractivity contribution in [2.24, 2.45) is 5.92 Å². The molecule has 0 bridgehead atoms. The zero-order valence-corrected chi connectivity index (χ0v) is 11.6. The van der Waals surface area contributed by atoms with Gasteiger partial charge < -0.3 is 4.74 Å². The standard InChI is InChI=1S/C14H17ClFNO2/c1-2-9-4-3-5-11(6-9)19-14(18)12-7-10(16)8-17-13(12)15/h7-9,11H,2-6H2,1H3. The van der Waals surface area contributed by atoms with Gasteiger partial charge in [-0.05, 0) is 31.2 Å². The van der Waals surface area contributed by atoms with E-state index in [-0.39, 0.29) is 16.8 Å². The number of hydrogen-bond donors (Lipinski definition) is 0. The summed E-state index contributed by atoms with van der Waals surface area (Å²) in [5.41, 5.74) is 0.000267. The van der Waals surface area contributed by atoms with Crippen LogP contribution in [0.15, 0.2) is 12.3 Å². The number of rotatable bonds is 3. The van der Waals surface area contributed by atoms with Gasteiger partial charge >= 0.3 is 5.97 Å². The van der Waals surface area contributed by atoms with E-state index in [1.165, 1.54) is 6.42 Å². The van der Waals surface area contributed by atoms with Crippen molar-refractivity contribution in [2.75, 3.05) is 0 Å². The van der Waals surface area contributed by atoms with E-state index in [1.54, 1.807) is 0 Å². The van der Waals surface area contributed by atoms with Crippen molar-refractivity contribution in [1.29, 1.82) is 0 Å². The number of halogens is 2. The van der Waals surface area contributed by atoms with Crippen LogP contribution in [0, 0.1) is 11.7 Å². The Morgan fingerprint density at radius 1 is 1.58 bits per heavy atom. The molecule has 0 N–H and O–H groups in total. The fourth-order valence-corrected chi connectivity index (χ4v) is 2.68. The maximum absolute atomic E-state index is 13.1. The Morgan fingerprint density at radius 3 is 3.11 bits per heavy atom. The summed E-state index contributed by atoms with van der Waals surface area (Å²) in [7, 11) is 0. The molecule has 0 saturated heterocycles. The van der Waals surface area contributed by atoms with Crippen LogP contribution in [-0.4, -0.2) is 17.1 Å². The number of esters is 1. The molecule has 0 radical (unpaired) electrons. The van der Waals surface area contributed by atoms with Crippen molar-refractivity contribution < 1.29 is 13.9 Å². The highest BCUT2D eigenvalue weighted by Gasteiger charge is 2.25. The lowest BCUT2D eigenvalue weighted by Gasteiger charge is -2.28. The molecule has 1 aromatic heterocycles. The Morgan fingerprint density at radius 2 is 2.37 bits per heavy atom. The van der Waals surface area contributed by atoms with Crippen molar-refractivity contribution >= 4 is 17.6 Å². The van der Waals surface area contributed by atoms with Crippen LogP contribution in [0.4, 0.5) is 4.39 Å². The third-order valence-corrected chi connectivity index (χ3v) is 3.91. The van der Waals surface area contributed by atoms with Crippen LogP contribution in [0.3, 0.4) is 0 Å². The van der Waals surface area contributed by atoms with Crippen molar-refractivity contribution in [3.63, 3.8) is 0 Å². The van der Waals surface area contributed by atoms with Gasteiger partial charge in [-0.3, -0.25) is 0 Å². The highest BCUT2D eigenvalue weighted by atomic mass is 35.5. The van der Waals surface area contributed by atoms with Gasteiger partial charge in [-0.1, -0.05) is 31.4 Å². The van der Waals surface area contributed by atoms with E-state index in [1.807, 2.05) is 0 Å². The summed E-state index contributed by atoms with van der Waals surface area (Å²) in [6.07, 6.45) is 5.97. The lowest BCUT2D eigenvalue weighted by Crippen LogP contribution is -2.25. The van der Waals surface area contributed by atoms with E-state index in [0.29, 0.717) is 5.92 Å². The summed E-state index contributed by atoms with van der Waals surface area (Å²) in [5.74, 6) is -0.571. The fourth-order valence-electron chi connectivity index (χ4n) is 2.50. The molecule has 1 aromatic rings. The largest absolute Gasteiger partial charge is 0.459 e. The molecule has 0 aromatic carbocycles. The molecule has 2 atom stereocenters. The van der Waals surface area contributed by atoms with Gasteiger partial charge in [-0.15, -0.1) is 0 Å². The first-order chi connectivity index (χ1) is 9.10. The molecular formula is C14H17ClFNO2. The predicted octanol–water partition coefficient (Wildman–Crippen LogP) is 4.00. The summed E-state index contributed by atoms with van der Waals surface area (Å²) >= 11 is 5.79. The molecule has 1 aliphatic carbocycles. The minimum absolute atomic E-state index is 0.000267.